The Morgan fingerprint density at radius 2 is 1.86 bits per heavy atom. The fourth-order valence-corrected chi connectivity index (χ4v) is 5.80. The third-order valence-electron chi connectivity index (χ3n) is 6.51. The number of carbonyl (C=O) groups excluding carboxylic acids is 1. The van der Waals surface area contributed by atoms with Crippen LogP contribution in [0, 0.1) is 6.92 Å². The van der Waals surface area contributed by atoms with E-state index in [2.05, 4.69) is 20.2 Å². The molecule has 3 aromatic rings. The van der Waals surface area contributed by atoms with Gasteiger partial charge < -0.3 is 9.73 Å². The topological polar surface area (TPSA) is 109 Å². The summed E-state index contributed by atoms with van der Waals surface area (Å²) in [6, 6.07) is 11.3. The van der Waals surface area contributed by atoms with Crippen LogP contribution in [-0.4, -0.2) is 65.7 Å². The zero-order chi connectivity index (χ0) is 24.4. The summed E-state index contributed by atoms with van der Waals surface area (Å²) in [5, 5.41) is 2.86. The maximum Gasteiger partial charge on any atom is 0.251 e. The molecule has 1 saturated heterocycles. The summed E-state index contributed by atoms with van der Waals surface area (Å²) < 4.78 is 33.4. The summed E-state index contributed by atoms with van der Waals surface area (Å²) in [6.07, 6.45) is 5.85. The number of amides is 1. The molecule has 1 N–H and O–H groups in total. The van der Waals surface area contributed by atoms with Gasteiger partial charge in [-0.1, -0.05) is 6.07 Å². The lowest BCUT2D eigenvalue weighted by molar-refractivity contribution is 0.0951. The van der Waals surface area contributed by atoms with Crippen molar-refractivity contribution in [3.05, 3.63) is 71.4 Å². The van der Waals surface area contributed by atoms with Crippen molar-refractivity contribution < 1.29 is 17.6 Å². The lowest BCUT2D eigenvalue weighted by atomic mass is 10.1. The van der Waals surface area contributed by atoms with Crippen molar-refractivity contribution >= 4 is 15.9 Å². The van der Waals surface area contributed by atoms with Crippen LogP contribution in [0.25, 0.3) is 11.5 Å². The zero-order valence-corrected chi connectivity index (χ0v) is 20.5. The molecule has 0 spiro atoms. The van der Waals surface area contributed by atoms with Crippen LogP contribution in [0.15, 0.2) is 53.2 Å². The van der Waals surface area contributed by atoms with Gasteiger partial charge in [-0.05, 0) is 55.7 Å². The van der Waals surface area contributed by atoms with Gasteiger partial charge in [0.1, 0.15) is 11.5 Å². The Hall–Kier alpha value is -3.08. The minimum absolute atomic E-state index is 0.180. The molecule has 2 aliphatic rings. The molecule has 1 aliphatic carbocycles. The molecule has 9 nitrogen and oxygen atoms in total. The van der Waals surface area contributed by atoms with E-state index in [0.717, 1.165) is 18.7 Å². The van der Waals surface area contributed by atoms with Crippen LogP contribution >= 0.6 is 0 Å². The first kappa shape index (κ1) is 23.7. The van der Waals surface area contributed by atoms with E-state index in [-0.39, 0.29) is 11.7 Å². The Kier molecular flexibility index (Phi) is 6.68. The standard InChI is InChI=1S/C25H29N5O4S/c1-18-23(17-35(32,33)30-13-11-29(12-14-30)22-8-9-22)28-25(34-18)21-6-4-20(5-7-21)24(31)27-16-19-3-2-10-26-15-19/h2-7,10,15,22H,8-9,11-14,16-17H2,1H3,(H,27,31). The van der Waals surface area contributed by atoms with Crippen molar-refractivity contribution in [1.82, 2.24) is 24.5 Å². The van der Waals surface area contributed by atoms with Gasteiger partial charge in [0.2, 0.25) is 15.9 Å². The molecule has 1 saturated carbocycles. The number of aromatic nitrogens is 2. The number of piperazine rings is 1. The number of aryl methyl sites for hydroxylation is 1. The second kappa shape index (κ2) is 9.88. The van der Waals surface area contributed by atoms with Gasteiger partial charge in [-0.2, -0.15) is 4.31 Å². The maximum atomic E-state index is 13.0. The monoisotopic (exact) mass is 495 g/mol. The van der Waals surface area contributed by atoms with Gasteiger partial charge in [0.25, 0.3) is 5.91 Å². The first-order chi connectivity index (χ1) is 16.9. The van der Waals surface area contributed by atoms with Crippen LogP contribution < -0.4 is 5.32 Å². The van der Waals surface area contributed by atoms with Crippen molar-refractivity contribution in [2.75, 3.05) is 26.2 Å². The number of benzene rings is 1. The number of carbonyl (C=O) groups is 1. The number of hydrogen-bond donors (Lipinski definition) is 1. The minimum Gasteiger partial charge on any atom is -0.441 e. The average molecular weight is 496 g/mol. The van der Waals surface area contributed by atoms with Crippen molar-refractivity contribution in [2.24, 2.45) is 0 Å². The number of nitrogens with zero attached hydrogens (tertiary/aromatic N) is 4. The summed E-state index contributed by atoms with van der Waals surface area (Å²) in [5.74, 6) is 0.449. The molecule has 0 atom stereocenters. The molecule has 2 aromatic heterocycles. The number of hydrogen-bond acceptors (Lipinski definition) is 7. The predicted octanol–water partition coefficient (Wildman–Crippen LogP) is 2.58. The number of nitrogens with one attached hydrogen (secondary N) is 1. The van der Waals surface area contributed by atoms with Gasteiger partial charge in [-0.3, -0.25) is 14.7 Å². The highest BCUT2D eigenvalue weighted by Crippen LogP contribution is 2.29. The molecule has 3 heterocycles. The van der Waals surface area contributed by atoms with Crippen LogP contribution in [-0.2, 0) is 22.3 Å². The van der Waals surface area contributed by atoms with Crippen molar-refractivity contribution in [3.63, 3.8) is 0 Å². The Labute approximate surface area is 205 Å². The summed E-state index contributed by atoms with van der Waals surface area (Å²) in [6.45, 7) is 4.73. The van der Waals surface area contributed by atoms with Crippen molar-refractivity contribution in [1.29, 1.82) is 0 Å². The zero-order valence-electron chi connectivity index (χ0n) is 19.7. The molecular weight excluding hydrogens is 466 g/mol. The molecular formula is C25H29N5O4S. The number of sulfonamides is 1. The largest absolute Gasteiger partial charge is 0.441 e. The number of rotatable bonds is 8. The Balaban J connectivity index is 1.21. The molecule has 35 heavy (non-hydrogen) atoms. The quantitative estimate of drug-likeness (QED) is 0.512. The fraction of sp³-hybridized carbons (Fsp3) is 0.400. The van der Waals surface area contributed by atoms with Crippen molar-refractivity contribution in [3.8, 4) is 11.5 Å². The van der Waals surface area contributed by atoms with Gasteiger partial charge in [-0.15, -0.1) is 0 Å². The number of pyridine rings is 1. The minimum atomic E-state index is -3.48. The molecule has 2 fully saturated rings. The highest BCUT2D eigenvalue weighted by atomic mass is 32.2. The Bertz CT molecular complexity index is 1280. The molecule has 5 rings (SSSR count). The van der Waals surface area contributed by atoms with Crippen LogP contribution in [0.1, 0.15) is 40.2 Å². The third-order valence-corrected chi connectivity index (χ3v) is 8.30. The van der Waals surface area contributed by atoms with Crippen LogP contribution in [0.2, 0.25) is 0 Å². The normalized spacial score (nSPS) is 17.4. The lowest BCUT2D eigenvalue weighted by Crippen LogP contribution is -2.49. The van der Waals surface area contributed by atoms with Gasteiger partial charge in [0.15, 0.2) is 0 Å². The van der Waals surface area contributed by atoms with Gasteiger partial charge in [-0.25, -0.2) is 13.4 Å². The van der Waals surface area contributed by atoms with Gasteiger partial charge in [0.05, 0.1) is 5.69 Å². The molecule has 0 unspecified atom stereocenters. The summed E-state index contributed by atoms with van der Waals surface area (Å²) in [4.78, 5) is 23.3. The summed E-state index contributed by atoms with van der Waals surface area (Å²) in [7, 11) is -3.48. The van der Waals surface area contributed by atoms with E-state index >= 15 is 0 Å². The second-order valence-electron chi connectivity index (χ2n) is 9.07. The van der Waals surface area contributed by atoms with E-state index in [1.54, 1.807) is 47.9 Å². The SMILES string of the molecule is Cc1oc(-c2ccc(C(=O)NCc3cccnc3)cc2)nc1CS(=O)(=O)N1CCN(C2CC2)CC1. The molecule has 184 valence electrons. The second-order valence-corrected chi connectivity index (χ2v) is 11.0. The first-order valence-electron chi connectivity index (χ1n) is 11.8. The Morgan fingerprint density at radius 3 is 2.51 bits per heavy atom. The third kappa shape index (κ3) is 5.61. The average Bonchev–Trinajstić information content (AvgIpc) is 3.67. The van der Waals surface area contributed by atoms with Crippen molar-refractivity contribution in [2.45, 2.75) is 38.1 Å². The maximum absolute atomic E-state index is 13.0. The van der Waals surface area contributed by atoms with Crippen LogP contribution in [0.4, 0.5) is 0 Å². The van der Waals surface area contributed by atoms with Crippen LogP contribution in [0.3, 0.4) is 0 Å². The van der Waals surface area contributed by atoms with E-state index in [9.17, 15) is 13.2 Å². The summed E-state index contributed by atoms with van der Waals surface area (Å²) >= 11 is 0. The van der Waals surface area contributed by atoms with E-state index in [0.29, 0.717) is 54.1 Å². The summed E-state index contributed by atoms with van der Waals surface area (Å²) in [5.41, 5.74) is 2.52. The Morgan fingerprint density at radius 1 is 1.11 bits per heavy atom. The molecule has 0 bridgehead atoms. The van der Waals surface area contributed by atoms with Gasteiger partial charge >= 0.3 is 0 Å². The molecule has 0 radical (unpaired) electrons. The van der Waals surface area contributed by atoms with E-state index in [1.165, 1.54) is 12.8 Å². The predicted molar refractivity (Wildman–Crippen MR) is 131 cm³/mol. The molecule has 10 heteroatoms. The molecule has 1 aromatic carbocycles. The fourth-order valence-electron chi connectivity index (χ4n) is 4.29. The number of oxazole rings is 1. The van der Waals surface area contributed by atoms with E-state index < -0.39 is 10.0 Å². The lowest BCUT2D eigenvalue weighted by Gasteiger charge is -2.33. The van der Waals surface area contributed by atoms with Gasteiger partial charge in [0, 0.05) is 62.3 Å². The van der Waals surface area contributed by atoms with E-state index in [4.69, 9.17) is 4.42 Å². The molecule has 1 aliphatic heterocycles. The highest BCUT2D eigenvalue weighted by molar-refractivity contribution is 7.88. The smallest absolute Gasteiger partial charge is 0.251 e. The highest BCUT2D eigenvalue weighted by Gasteiger charge is 2.35. The molecule has 1 amide bonds. The first-order valence-corrected chi connectivity index (χ1v) is 13.5. The van der Waals surface area contributed by atoms with E-state index in [1.807, 2.05) is 12.1 Å². The van der Waals surface area contributed by atoms with Crippen LogP contribution in [0.5, 0.6) is 0 Å².